The quantitative estimate of drug-likeness (QED) is 0.732. The molecule has 0 aliphatic rings. The molecule has 0 fully saturated rings. The van der Waals surface area contributed by atoms with Gasteiger partial charge in [-0.2, -0.15) is 0 Å². The van der Waals surface area contributed by atoms with E-state index in [1.165, 1.54) is 5.56 Å². The average molecular weight is 361 g/mol. The van der Waals surface area contributed by atoms with Gasteiger partial charge in [0.25, 0.3) is 5.91 Å². The van der Waals surface area contributed by atoms with Crippen LogP contribution in [0.15, 0.2) is 42.5 Å². The van der Waals surface area contributed by atoms with E-state index in [1.54, 1.807) is 18.2 Å². The summed E-state index contributed by atoms with van der Waals surface area (Å²) in [7, 11) is 0. The standard InChI is InChI=1S/C20H25ClN2O2/c1-4-23(5-2)14-15-7-9-16(10-8-15)20(24)22-18-13-17(21)11-12-19(18)25-6-3/h7-13H,4-6,14H2,1-3H3,(H,22,24). The molecule has 0 aliphatic heterocycles. The van der Waals surface area contributed by atoms with Crippen LogP contribution in [0.3, 0.4) is 0 Å². The molecule has 0 unspecified atom stereocenters. The summed E-state index contributed by atoms with van der Waals surface area (Å²) in [6, 6.07) is 12.9. The van der Waals surface area contributed by atoms with Crippen molar-refractivity contribution in [1.82, 2.24) is 4.90 Å². The molecule has 25 heavy (non-hydrogen) atoms. The summed E-state index contributed by atoms with van der Waals surface area (Å²) < 4.78 is 5.54. The van der Waals surface area contributed by atoms with Crippen LogP contribution in [0.4, 0.5) is 5.69 Å². The van der Waals surface area contributed by atoms with E-state index in [0.717, 1.165) is 19.6 Å². The molecule has 0 saturated carbocycles. The van der Waals surface area contributed by atoms with Crippen LogP contribution in [0.5, 0.6) is 5.75 Å². The molecule has 0 radical (unpaired) electrons. The molecule has 0 atom stereocenters. The summed E-state index contributed by atoms with van der Waals surface area (Å²) in [4.78, 5) is 14.8. The van der Waals surface area contributed by atoms with E-state index in [2.05, 4.69) is 24.1 Å². The lowest BCUT2D eigenvalue weighted by Gasteiger charge is -2.18. The number of nitrogens with one attached hydrogen (secondary N) is 1. The zero-order chi connectivity index (χ0) is 18.2. The first-order chi connectivity index (χ1) is 12.1. The lowest BCUT2D eigenvalue weighted by atomic mass is 10.1. The first-order valence-corrected chi connectivity index (χ1v) is 9.00. The molecular formula is C20H25ClN2O2. The molecule has 0 heterocycles. The average Bonchev–Trinajstić information content (AvgIpc) is 2.62. The van der Waals surface area contributed by atoms with Gasteiger partial charge < -0.3 is 10.1 Å². The van der Waals surface area contributed by atoms with Crippen LogP contribution >= 0.6 is 11.6 Å². The van der Waals surface area contributed by atoms with Crippen molar-refractivity contribution in [2.45, 2.75) is 27.3 Å². The second-order valence-corrected chi connectivity index (χ2v) is 6.12. The zero-order valence-electron chi connectivity index (χ0n) is 15.0. The summed E-state index contributed by atoms with van der Waals surface area (Å²) in [5.41, 5.74) is 2.37. The summed E-state index contributed by atoms with van der Waals surface area (Å²) in [5, 5.41) is 3.43. The number of hydrogen-bond acceptors (Lipinski definition) is 3. The van der Waals surface area contributed by atoms with Gasteiger partial charge in [0.15, 0.2) is 0 Å². The Morgan fingerprint density at radius 2 is 1.76 bits per heavy atom. The Bertz CT molecular complexity index is 697. The largest absolute Gasteiger partial charge is 0.492 e. The van der Waals surface area contributed by atoms with E-state index in [9.17, 15) is 4.79 Å². The van der Waals surface area contributed by atoms with Crippen LogP contribution in [0.2, 0.25) is 5.02 Å². The first-order valence-electron chi connectivity index (χ1n) is 8.62. The number of rotatable bonds is 8. The van der Waals surface area contributed by atoms with Gasteiger partial charge in [0.05, 0.1) is 12.3 Å². The molecular weight excluding hydrogens is 336 g/mol. The van der Waals surface area contributed by atoms with Crippen molar-refractivity contribution in [2.75, 3.05) is 25.0 Å². The summed E-state index contributed by atoms with van der Waals surface area (Å²) >= 11 is 6.03. The number of nitrogens with zero attached hydrogens (tertiary/aromatic N) is 1. The molecule has 0 bridgehead atoms. The normalized spacial score (nSPS) is 10.8. The second kappa shape index (κ2) is 9.44. The first kappa shape index (κ1) is 19.3. The molecule has 134 valence electrons. The monoisotopic (exact) mass is 360 g/mol. The van der Waals surface area contributed by atoms with E-state index < -0.39 is 0 Å². The maximum absolute atomic E-state index is 12.5. The molecule has 0 saturated heterocycles. The minimum atomic E-state index is -0.183. The van der Waals surface area contributed by atoms with Crippen molar-refractivity contribution >= 4 is 23.2 Å². The van der Waals surface area contributed by atoms with Crippen molar-refractivity contribution in [3.8, 4) is 5.75 Å². The third-order valence-electron chi connectivity index (χ3n) is 4.01. The van der Waals surface area contributed by atoms with Gasteiger partial charge in [-0.3, -0.25) is 9.69 Å². The number of carbonyl (C=O) groups excluding carboxylic acids is 1. The Labute approximate surface area is 154 Å². The number of amides is 1. The predicted molar refractivity (Wildman–Crippen MR) is 104 cm³/mol. The van der Waals surface area contributed by atoms with Gasteiger partial charge in [-0.25, -0.2) is 0 Å². The Kier molecular flexibility index (Phi) is 7.29. The number of anilines is 1. The fourth-order valence-corrected chi connectivity index (χ4v) is 2.71. The van der Waals surface area contributed by atoms with Gasteiger partial charge in [-0.15, -0.1) is 0 Å². The summed E-state index contributed by atoms with van der Waals surface area (Å²) in [5.74, 6) is 0.427. The van der Waals surface area contributed by atoms with Gasteiger partial charge in [0.1, 0.15) is 5.75 Å². The zero-order valence-corrected chi connectivity index (χ0v) is 15.8. The van der Waals surface area contributed by atoms with Crippen molar-refractivity contribution in [2.24, 2.45) is 0 Å². The van der Waals surface area contributed by atoms with Crippen LogP contribution in [0.1, 0.15) is 36.7 Å². The third-order valence-corrected chi connectivity index (χ3v) is 4.24. The lowest BCUT2D eigenvalue weighted by molar-refractivity contribution is 0.102. The Morgan fingerprint density at radius 1 is 1.08 bits per heavy atom. The highest BCUT2D eigenvalue weighted by molar-refractivity contribution is 6.31. The van der Waals surface area contributed by atoms with Crippen LogP contribution in [-0.4, -0.2) is 30.5 Å². The van der Waals surface area contributed by atoms with Crippen molar-refractivity contribution < 1.29 is 9.53 Å². The molecule has 2 aromatic carbocycles. The molecule has 0 aromatic heterocycles. The third kappa shape index (κ3) is 5.48. The van der Waals surface area contributed by atoms with Crippen LogP contribution in [0, 0.1) is 0 Å². The van der Waals surface area contributed by atoms with Gasteiger partial charge in [-0.05, 0) is 55.9 Å². The molecule has 0 spiro atoms. The highest BCUT2D eigenvalue weighted by atomic mass is 35.5. The molecule has 1 N–H and O–H groups in total. The summed E-state index contributed by atoms with van der Waals surface area (Å²) in [6.45, 7) is 9.61. The molecule has 1 amide bonds. The molecule has 4 nitrogen and oxygen atoms in total. The fraction of sp³-hybridized carbons (Fsp3) is 0.350. The Balaban J connectivity index is 2.10. The number of halogens is 1. The van der Waals surface area contributed by atoms with Gasteiger partial charge >= 0.3 is 0 Å². The van der Waals surface area contributed by atoms with E-state index >= 15 is 0 Å². The minimum Gasteiger partial charge on any atom is -0.492 e. The van der Waals surface area contributed by atoms with Crippen molar-refractivity contribution in [3.63, 3.8) is 0 Å². The molecule has 5 heteroatoms. The molecule has 2 aromatic rings. The lowest BCUT2D eigenvalue weighted by Crippen LogP contribution is -2.22. The highest BCUT2D eigenvalue weighted by Gasteiger charge is 2.11. The van der Waals surface area contributed by atoms with E-state index in [0.29, 0.717) is 28.6 Å². The van der Waals surface area contributed by atoms with Crippen LogP contribution in [-0.2, 0) is 6.54 Å². The molecule has 0 aliphatic carbocycles. The Hall–Kier alpha value is -2.04. The maximum atomic E-state index is 12.5. The number of benzene rings is 2. The summed E-state index contributed by atoms with van der Waals surface area (Å²) in [6.07, 6.45) is 0. The van der Waals surface area contributed by atoms with Gasteiger partial charge in [0.2, 0.25) is 0 Å². The van der Waals surface area contributed by atoms with E-state index in [1.807, 2.05) is 31.2 Å². The minimum absolute atomic E-state index is 0.183. The van der Waals surface area contributed by atoms with Crippen LogP contribution < -0.4 is 10.1 Å². The van der Waals surface area contributed by atoms with Gasteiger partial charge in [-0.1, -0.05) is 37.6 Å². The molecule has 2 rings (SSSR count). The Morgan fingerprint density at radius 3 is 2.36 bits per heavy atom. The number of ether oxygens (including phenoxy) is 1. The van der Waals surface area contributed by atoms with E-state index in [4.69, 9.17) is 16.3 Å². The van der Waals surface area contributed by atoms with Gasteiger partial charge in [0, 0.05) is 17.1 Å². The smallest absolute Gasteiger partial charge is 0.255 e. The maximum Gasteiger partial charge on any atom is 0.255 e. The van der Waals surface area contributed by atoms with E-state index in [-0.39, 0.29) is 5.91 Å². The highest BCUT2D eigenvalue weighted by Crippen LogP contribution is 2.28. The SMILES string of the molecule is CCOc1ccc(Cl)cc1NC(=O)c1ccc(CN(CC)CC)cc1. The number of carbonyl (C=O) groups is 1. The second-order valence-electron chi connectivity index (χ2n) is 5.69. The van der Waals surface area contributed by atoms with Crippen molar-refractivity contribution in [3.05, 3.63) is 58.6 Å². The topological polar surface area (TPSA) is 41.6 Å². The van der Waals surface area contributed by atoms with Crippen LogP contribution in [0.25, 0.3) is 0 Å². The number of hydrogen-bond donors (Lipinski definition) is 1. The predicted octanol–water partition coefficient (Wildman–Crippen LogP) is 4.83. The fourth-order valence-electron chi connectivity index (χ4n) is 2.54. The van der Waals surface area contributed by atoms with Crippen molar-refractivity contribution in [1.29, 1.82) is 0 Å².